The Kier molecular flexibility index (Phi) is 20.6. The molecular weight excluding hydrogens is 917 g/mol. The quantitative estimate of drug-likeness (QED) is 0.0623. The summed E-state index contributed by atoms with van der Waals surface area (Å²) in [5.74, 6) is -5.56. The van der Waals surface area contributed by atoms with Crippen LogP contribution in [0.15, 0.2) is 36.4 Å². The van der Waals surface area contributed by atoms with Crippen LogP contribution in [0.5, 0.6) is 0 Å². The molecule has 22 heteroatoms. The molecule has 4 heterocycles. The lowest BCUT2D eigenvalue weighted by Crippen LogP contribution is -2.54. The van der Waals surface area contributed by atoms with E-state index in [1.807, 2.05) is 0 Å². The Morgan fingerprint density at radius 1 is 0.457 bits per heavy atom. The van der Waals surface area contributed by atoms with E-state index in [-0.39, 0.29) is 84.0 Å². The fraction of sp³-hybridized carbons (Fsp3) is 0.542. The molecule has 4 aliphatic rings. The van der Waals surface area contributed by atoms with E-state index in [1.165, 1.54) is 24.3 Å². The molecule has 2 atom stereocenters. The first-order valence-electron chi connectivity index (χ1n) is 23.7. The van der Waals surface area contributed by atoms with Crippen molar-refractivity contribution in [3.05, 3.63) is 58.7 Å². The Labute approximate surface area is 404 Å². The second-order valence-electron chi connectivity index (χ2n) is 16.7. The number of amides is 10. The molecule has 2 fully saturated rings. The first kappa shape index (κ1) is 53.1. The molecule has 0 aromatic heterocycles. The van der Waals surface area contributed by atoms with Gasteiger partial charge in [0.2, 0.25) is 35.4 Å². The highest BCUT2D eigenvalue weighted by atomic mass is 16.6. The molecule has 0 saturated carbocycles. The van der Waals surface area contributed by atoms with E-state index in [0.717, 1.165) is 35.5 Å². The first-order chi connectivity index (χ1) is 34.0. The number of imide groups is 4. The van der Waals surface area contributed by atoms with Crippen LogP contribution in [0.1, 0.15) is 118 Å². The lowest BCUT2D eigenvalue weighted by atomic mass is 10.0. The summed E-state index contributed by atoms with van der Waals surface area (Å²) in [5.41, 5.74) is 0.678. The van der Waals surface area contributed by atoms with Crippen LogP contribution in [-0.4, -0.2) is 160 Å². The summed E-state index contributed by atoms with van der Waals surface area (Å²) in [6, 6.07) is 6.96. The van der Waals surface area contributed by atoms with E-state index in [9.17, 15) is 47.9 Å². The van der Waals surface area contributed by atoms with Crippen LogP contribution in [0.2, 0.25) is 0 Å². The minimum atomic E-state index is -1.09. The lowest BCUT2D eigenvalue weighted by Gasteiger charge is -2.27. The fourth-order valence-electron chi connectivity index (χ4n) is 8.20. The van der Waals surface area contributed by atoms with Gasteiger partial charge in [0, 0.05) is 38.9 Å². The number of benzene rings is 2. The smallest absolute Gasteiger partial charge is 0.264 e. The summed E-state index contributed by atoms with van der Waals surface area (Å²) in [4.78, 5) is 127. The second kappa shape index (κ2) is 27.2. The highest BCUT2D eigenvalue weighted by molar-refractivity contribution is 6.27. The number of hydrogen-bond donors (Lipinski definition) is 4. The number of unbranched alkanes of at least 4 members (excludes halogenated alkanes) is 4. The number of carbonyl (C=O) groups is 10. The zero-order chi connectivity index (χ0) is 49.8. The van der Waals surface area contributed by atoms with Gasteiger partial charge in [-0.25, -0.2) is 0 Å². The normalized spacial score (nSPS) is 17.8. The third-order valence-electron chi connectivity index (χ3n) is 11.7. The van der Waals surface area contributed by atoms with Gasteiger partial charge in [0.25, 0.3) is 23.6 Å². The van der Waals surface area contributed by atoms with Gasteiger partial charge in [-0.1, -0.05) is 25.0 Å². The summed E-state index contributed by atoms with van der Waals surface area (Å²) < 4.78 is 33.3. The predicted octanol–water partition coefficient (Wildman–Crippen LogP) is 2.29. The van der Waals surface area contributed by atoms with Crippen molar-refractivity contribution >= 4 is 70.4 Å². The van der Waals surface area contributed by atoms with Gasteiger partial charge in [-0.15, -0.1) is 0 Å². The maximum absolute atomic E-state index is 13.2. The van der Waals surface area contributed by atoms with Crippen molar-refractivity contribution in [1.29, 1.82) is 0 Å². The molecule has 6 rings (SSSR count). The van der Waals surface area contributed by atoms with Gasteiger partial charge in [-0.05, 0) is 62.8 Å². The Morgan fingerprint density at radius 2 is 0.800 bits per heavy atom. The standard InChI is InChI=1S/C48H60N6O16/c55-37(49-33-11-7-9-31-41(33)47(63)53(45(31)61)35-15-17-39(57)51-43(35)59)13-3-1-5-19-65-21-23-67-25-27-69-29-30-70-28-26-68-24-22-66-20-6-2-4-14-38(56)50-34-12-8-10-32-42(34)48(64)54(46(32)62)36-16-18-40(58)52-44(36)60/h7-12,35-36H,1-6,13-30H2,(H,49,55)(H,50,56)(H,51,57,59)(H,52,58,60). The molecular formula is C48H60N6O16. The van der Waals surface area contributed by atoms with Crippen molar-refractivity contribution in [3.63, 3.8) is 0 Å². The van der Waals surface area contributed by atoms with Gasteiger partial charge >= 0.3 is 0 Å². The summed E-state index contributed by atoms with van der Waals surface area (Å²) in [7, 11) is 0. The molecule has 2 aromatic rings. The zero-order valence-corrected chi connectivity index (χ0v) is 39.0. The Balaban J connectivity index is 0.671. The number of ether oxygens (including phenoxy) is 6. The molecule has 378 valence electrons. The van der Waals surface area contributed by atoms with Gasteiger partial charge in [0.1, 0.15) is 12.1 Å². The minimum absolute atomic E-state index is 0.0158. The third-order valence-corrected chi connectivity index (χ3v) is 11.7. The van der Waals surface area contributed by atoms with E-state index < -0.39 is 59.3 Å². The molecule has 70 heavy (non-hydrogen) atoms. The molecule has 2 saturated heterocycles. The van der Waals surface area contributed by atoms with Crippen molar-refractivity contribution in [2.75, 3.05) is 89.9 Å². The van der Waals surface area contributed by atoms with Crippen molar-refractivity contribution in [2.24, 2.45) is 0 Å². The number of fused-ring (bicyclic) bond motifs is 2. The van der Waals surface area contributed by atoms with Gasteiger partial charge in [-0.2, -0.15) is 0 Å². The minimum Gasteiger partial charge on any atom is -0.379 e. The number of piperidine rings is 2. The van der Waals surface area contributed by atoms with Gasteiger partial charge in [0.05, 0.1) is 99.7 Å². The van der Waals surface area contributed by atoms with Crippen LogP contribution in [0, 0.1) is 0 Å². The lowest BCUT2D eigenvalue weighted by molar-refractivity contribution is -0.137. The molecule has 4 aliphatic heterocycles. The van der Waals surface area contributed by atoms with E-state index >= 15 is 0 Å². The monoisotopic (exact) mass is 976 g/mol. The van der Waals surface area contributed by atoms with Crippen LogP contribution in [0.3, 0.4) is 0 Å². The Morgan fingerprint density at radius 3 is 1.14 bits per heavy atom. The first-order valence-corrected chi connectivity index (χ1v) is 23.7. The highest BCUT2D eigenvalue weighted by Crippen LogP contribution is 2.34. The average Bonchev–Trinajstić information content (AvgIpc) is 3.74. The number of nitrogens with zero attached hydrogens (tertiary/aromatic N) is 2. The van der Waals surface area contributed by atoms with E-state index in [2.05, 4.69) is 21.3 Å². The van der Waals surface area contributed by atoms with Crippen molar-refractivity contribution in [2.45, 2.75) is 89.1 Å². The largest absolute Gasteiger partial charge is 0.379 e. The number of nitrogens with one attached hydrogen (secondary N) is 4. The number of carbonyl (C=O) groups excluding carboxylic acids is 10. The third kappa shape index (κ3) is 14.6. The van der Waals surface area contributed by atoms with Gasteiger partial charge < -0.3 is 39.1 Å². The second-order valence-corrected chi connectivity index (χ2v) is 16.7. The molecule has 0 radical (unpaired) electrons. The van der Waals surface area contributed by atoms with Crippen LogP contribution in [0.4, 0.5) is 11.4 Å². The molecule has 2 unspecified atom stereocenters. The van der Waals surface area contributed by atoms with Gasteiger partial charge in [-0.3, -0.25) is 68.4 Å². The molecule has 4 N–H and O–H groups in total. The highest BCUT2D eigenvalue weighted by Gasteiger charge is 2.47. The van der Waals surface area contributed by atoms with Crippen molar-refractivity contribution in [3.8, 4) is 0 Å². The van der Waals surface area contributed by atoms with E-state index in [4.69, 9.17) is 28.4 Å². The molecule has 0 aliphatic carbocycles. The van der Waals surface area contributed by atoms with Gasteiger partial charge in [0.15, 0.2) is 0 Å². The summed E-state index contributed by atoms with van der Waals surface area (Å²) in [6.45, 7) is 5.16. The summed E-state index contributed by atoms with van der Waals surface area (Å²) in [6.07, 6.45) is 4.68. The van der Waals surface area contributed by atoms with Crippen LogP contribution >= 0.6 is 0 Å². The van der Waals surface area contributed by atoms with Crippen LogP contribution in [-0.2, 0) is 57.2 Å². The zero-order valence-electron chi connectivity index (χ0n) is 39.0. The maximum Gasteiger partial charge on any atom is 0.264 e. The number of rotatable bonds is 31. The summed E-state index contributed by atoms with van der Waals surface area (Å²) in [5, 5.41) is 9.78. The molecule has 22 nitrogen and oxygen atoms in total. The topological polar surface area (TPSA) is 281 Å². The molecule has 10 amide bonds. The number of hydrogen-bond acceptors (Lipinski definition) is 16. The molecule has 2 aromatic carbocycles. The predicted molar refractivity (Wildman–Crippen MR) is 245 cm³/mol. The van der Waals surface area contributed by atoms with E-state index in [1.54, 1.807) is 12.1 Å². The SMILES string of the molecule is O=C1CCC(N2C(=O)c3cccc(NC(=O)CCCCCOCCOCCOCCOCCOCCOCCCCCC(=O)Nc4cccc5c4C(=O)N(C4CCC(=O)NC4=O)C5=O)c3C2=O)C(=O)N1. The van der Waals surface area contributed by atoms with Crippen LogP contribution in [0.25, 0.3) is 0 Å². The van der Waals surface area contributed by atoms with Crippen LogP contribution < -0.4 is 21.3 Å². The Bertz CT molecular complexity index is 2110. The molecule has 0 bridgehead atoms. The van der Waals surface area contributed by atoms with E-state index in [0.29, 0.717) is 92.1 Å². The average molecular weight is 977 g/mol. The maximum atomic E-state index is 13.2. The van der Waals surface area contributed by atoms with Crippen molar-refractivity contribution < 1.29 is 76.4 Å². The van der Waals surface area contributed by atoms with Crippen molar-refractivity contribution in [1.82, 2.24) is 20.4 Å². The number of anilines is 2. The Hall–Kier alpha value is -6.30. The molecule has 0 spiro atoms. The summed E-state index contributed by atoms with van der Waals surface area (Å²) >= 11 is 0. The fourth-order valence-corrected chi connectivity index (χ4v) is 8.20.